The lowest BCUT2D eigenvalue weighted by molar-refractivity contribution is -0.137. The Hall–Kier alpha value is -2.57. The van der Waals surface area contributed by atoms with Crippen LogP contribution in [0, 0.1) is 22.7 Å². The van der Waals surface area contributed by atoms with Gasteiger partial charge in [0.15, 0.2) is 0 Å². The molecule has 0 aliphatic carbocycles. The van der Waals surface area contributed by atoms with Crippen LogP contribution in [0.2, 0.25) is 0 Å². The van der Waals surface area contributed by atoms with Gasteiger partial charge < -0.3 is 14.9 Å². The van der Waals surface area contributed by atoms with E-state index in [9.17, 15) is 23.1 Å². The predicted molar refractivity (Wildman–Crippen MR) is 106 cm³/mol. The Balaban J connectivity index is 1.59. The van der Waals surface area contributed by atoms with Crippen molar-refractivity contribution in [1.82, 2.24) is 4.90 Å². The Kier molecular flexibility index (Phi) is 5.24. The number of hydrogen-bond donors (Lipinski definition) is 1. The van der Waals surface area contributed by atoms with E-state index in [1.165, 1.54) is 23.5 Å². The number of amides is 1. The van der Waals surface area contributed by atoms with Crippen LogP contribution in [0.1, 0.15) is 27.9 Å². The van der Waals surface area contributed by atoms with Gasteiger partial charge >= 0.3 is 6.18 Å². The first-order valence-corrected chi connectivity index (χ1v) is 10.5. The number of aliphatic hydroxyl groups excluding tert-OH is 1. The Labute approximate surface area is 175 Å². The molecule has 3 heterocycles. The number of thiophene rings is 1. The van der Waals surface area contributed by atoms with Gasteiger partial charge in [-0.15, -0.1) is 0 Å². The topological polar surface area (TPSA) is 67.6 Å². The number of carbonyl (C=O) groups is 1. The molecule has 1 amide bonds. The molecule has 1 N–H and O–H groups in total. The van der Waals surface area contributed by atoms with Crippen LogP contribution in [-0.2, 0) is 6.18 Å². The quantitative estimate of drug-likeness (QED) is 0.800. The number of hydrogen-bond acceptors (Lipinski definition) is 5. The van der Waals surface area contributed by atoms with Crippen LogP contribution in [0.5, 0.6) is 0 Å². The fourth-order valence-electron chi connectivity index (χ4n) is 4.61. The molecular weight excluding hydrogens is 415 g/mol. The second-order valence-corrected chi connectivity index (χ2v) is 8.74. The molecule has 2 fully saturated rings. The number of anilines is 1. The number of nitriles is 1. The van der Waals surface area contributed by atoms with E-state index in [4.69, 9.17) is 5.26 Å². The lowest BCUT2D eigenvalue weighted by Crippen LogP contribution is -2.52. The first-order valence-electron chi connectivity index (χ1n) is 9.56. The minimum atomic E-state index is -4.62. The maximum Gasteiger partial charge on any atom is 0.417 e. The Morgan fingerprint density at radius 3 is 2.77 bits per heavy atom. The summed E-state index contributed by atoms with van der Waals surface area (Å²) in [6, 6.07) is 7.08. The summed E-state index contributed by atoms with van der Waals surface area (Å²) in [5.41, 5.74) is -0.963. The highest BCUT2D eigenvalue weighted by molar-refractivity contribution is 7.08. The summed E-state index contributed by atoms with van der Waals surface area (Å²) in [4.78, 5) is 16.3. The number of alkyl halides is 3. The van der Waals surface area contributed by atoms with Crippen LogP contribution in [0.25, 0.3) is 0 Å². The van der Waals surface area contributed by atoms with Gasteiger partial charge in [-0.1, -0.05) is 0 Å². The molecule has 4 rings (SSSR count). The second kappa shape index (κ2) is 7.60. The van der Waals surface area contributed by atoms with Gasteiger partial charge in [0.25, 0.3) is 5.91 Å². The maximum atomic E-state index is 13.4. The summed E-state index contributed by atoms with van der Waals surface area (Å²) in [6.07, 6.45) is -3.94. The van der Waals surface area contributed by atoms with E-state index in [0.29, 0.717) is 43.9 Å². The number of rotatable bonds is 3. The van der Waals surface area contributed by atoms with E-state index in [0.717, 1.165) is 6.07 Å². The first kappa shape index (κ1) is 20.7. The van der Waals surface area contributed by atoms with Crippen LogP contribution in [-0.4, -0.2) is 48.7 Å². The molecule has 5 nitrogen and oxygen atoms in total. The Morgan fingerprint density at radius 2 is 2.13 bits per heavy atom. The summed E-state index contributed by atoms with van der Waals surface area (Å²) in [5.74, 6) is -0.0160. The highest BCUT2D eigenvalue weighted by atomic mass is 32.1. The van der Waals surface area contributed by atoms with Crippen molar-refractivity contribution in [3.63, 3.8) is 0 Å². The minimum absolute atomic E-state index is 0.0685. The van der Waals surface area contributed by atoms with Crippen molar-refractivity contribution in [3.8, 4) is 6.07 Å². The van der Waals surface area contributed by atoms with Crippen LogP contribution >= 0.6 is 11.3 Å². The highest BCUT2D eigenvalue weighted by Gasteiger charge is 2.50. The predicted octanol–water partition coefficient (Wildman–Crippen LogP) is 3.60. The summed E-state index contributed by atoms with van der Waals surface area (Å²) >= 11 is 1.44. The van der Waals surface area contributed by atoms with E-state index in [1.807, 2.05) is 10.3 Å². The van der Waals surface area contributed by atoms with Gasteiger partial charge in [-0.2, -0.15) is 29.8 Å². The Bertz CT molecular complexity index is 986. The van der Waals surface area contributed by atoms with Crippen molar-refractivity contribution in [2.45, 2.75) is 12.6 Å². The van der Waals surface area contributed by atoms with Gasteiger partial charge in [-0.3, -0.25) is 4.79 Å². The second-order valence-electron chi connectivity index (χ2n) is 7.96. The lowest BCUT2D eigenvalue weighted by Gasteiger charge is -2.43. The van der Waals surface area contributed by atoms with Crippen LogP contribution in [0.15, 0.2) is 35.0 Å². The number of benzene rings is 1. The molecule has 158 valence electrons. The monoisotopic (exact) mass is 435 g/mol. The van der Waals surface area contributed by atoms with Crippen molar-refractivity contribution in [2.24, 2.45) is 11.3 Å². The molecule has 0 unspecified atom stereocenters. The smallest absolute Gasteiger partial charge is 0.396 e. The fourth-order valence-corrected chi connectivity index (χ4v) is 5.24. The molecule has 2 atom stereocenters. The van der Waals surface area contributed by atoms with Gasteiger partial charge in [0, 0.05) is 42.7 Å². The fraction of sp³-hybridized carbons (Fsp3) is 0.429. The van der Waals surface area contributed by atoms with E-state index >= 15 is 0 Å². The number of halogens is 3. The zero-order valence-electron chi connectivity index (χ0n) is 16.0. The van der Waals surface area contributed by atoms with Gasteiger partial charge in [-0.25, -0.2) is 0 Å². The average Bonchev–Trinajstić information content (AvgIpc) is 3.40. The first-order chi connectivity index (χ1) is 14.3. The average molecular weight is 435 g/mol. The molecule has 0 saturated carbocycles. The molecule has 2 aliphatic heterocycles. The van der Waals surface area contributed by atoms with Gasteiger partial charge in [0.2, 0.25) is 0 Å². The van der Waals surface area contributed by atoms with Crippen LogP contribution < -0.4 is 4.90 Å². The summed E-state index contributed by atoms with van der Waals surface area (Å²) in [7, 11) is 0. The standard InChI is InChI=1S/C21H20F3N3O2S/c22-21(23,24)18-7-17(2-1-14(18)8-25)27-9-16-3-5-26(11-20(16,12-27)13-28)19(29)15-4-6-30-10-15/h1-2,4,6-7,10,16,28H,3,5,9,11-13H2/t16-,20+/m0/s1. The molecule has 9 heteroatoms. The van der Waals surface area contributed by atoms with E-state index in [1.54, 1.807) is 22.4 Å². The van der Waals surface area contributed by atoms with Crippen molar-refractivity contribution < 1.29 is 23.1 Å². The van der Waals surface area contributed by atoms with Gasteiger partial charge in [0.1, 0.15) is 0 Å². The number of fused-ring (bicyclic) bond motifs is 1. The molecular formula is C21H20F3N3O2S. The molecule has 30 heavy (non-hydrogen) atoms. The lowest BCUT2D eigenvalue weighted by atomic mass is 9.74. The summed E-state index contributed by atoms with van der Waals surface area (Å²) in [5, 5.41) is 22.9. The minimum Gasteiger partial charge on any atom is -0.396 e. The molecule has 0 bridgehead atoms. The maximum absolute atomic E-state index is 13.4. The van der Waals surface area contributed by atoms with E-state index < -0.39 is 22.7 Å². The number of piperidine rings is 1. The third-order valence-electron chi connectivity index (χ3n) is 6.23. The zero-order chi connectivity index (χ0) is 21.5. The number of nitrogens with zero attached hydrogens (tertiary/aromatic N) is 3. The summed E-state index contributed by atoms with van der Waals surface area (Å²) < 4.78 is 40.1. The number of aliphatic hydroxyl groups is 1. The van der Waals surface area contributed by atoms with Crippen molar-refractivity contribution in [3.05, 3.63) is 51.7 Å². The molecule has 2 aromatic rings. The molecule has 0 radical (unpaired) electrons. The molecule has 2 saturated heterocycles. The molecule has 1 aromatic carbocycles. The molecule has 2 aliphatic rings. The molecule has 1 aromatic heterocycles. The molecule has 0 spiro atoms. The van der Waals surface area contributed by atoms with Crippen molar-refractivity contribution >= 4 is 22.9 Å². The van der Waals surface area contributed by atoms with E-state index in [-0.39, 0.29) is 18.4 Å². The number of carbonyl (C=O) groups excluding carboxylic acids is 1. The van der Waals surface area contributed by atoms with Gasteiger partial charge in [0.05, 0.1) is 29.4 Å². The zero-order valence-corrected chi connectivity index (χ0v) is 16.8. The van der Waals surface area contributed by atoms with Crippen molar-refractivity contribution in [1.29, 1.82) is 5.26 Å². The normalized spacial score (nSPS) is 23.9. The third kappa shape index (κ3) is 3.55. The number of likely N-dealkylation sites (tertiary alicyclic amines) is 1. The summed E-state index contributed by atoms with van der Waals surface area (Å²) in [6.45, 7) is 1.62. The van der Waals surface area contributed by atoms with Crippen LogP contribution in [0.3, 0.4) is 0 Å². The largest absolute Gasteiger partial charge is 0.417 e. The van der Waals surface area contributed by atoms with Gasteiger partial charge in [-0.05, 0) is 42.0 Å². The third-order valence-corrected chi connectivity index (χ3v) is 6.91. The van der Waals surface area contributed by atoms with Crippen LogP contribution in [0.4, 0.5) is 18.9 Å². The van der Waals surface area contributed by atoms with E-state index in [2.05, 4.69) is 0 Å². The highest BCUT2D eigenvalue weighted by Crippen LogP contribution is 2.44. The SMILES string of the molecule is N#Cc1ccc(N2C[C@@H]3CCN(C(=O)c4ccsc4)C[C@]3(CO)C2)cc1C(F)(F)F. The Morgan fingerprint density at radius 1 is 1.33 bits per heavy atom. The van der Waals surface area contributed by atoms with Crippen molar-refractivity contribution in [2.75, 3.05) is 37.7 Å².